The van der Waals surface area contributed by atoms with Gasteiger partial charge in [-0.05, 0) is 43.3 Å². The molecule has 39 heavy (non-hydrogen) atoms. The van der Waals surface area contributed by atoms with Crippen LogP contribution in [0.15, 0.2) is 54.6 Å². The van der Waals surface area contributed by atoms with Gasteiger partial charge in [0, 0.05) is 41.7 Å². The number of nitrogens with one attached hydrogen (secondary N) is 3. The fourth-order valence-electron chi connectivity index (χ4n) is 4.73. The number of nitrogens with zero attached hydrogens (tertiary/aromatic N) is 2. The Labute approximate surface area is 224 Å². The van der Waals surface area contributed by atoms with E-state index in [0.29, 0.717) is 44.2 Å². The maximum absolute atomic E-state index is 13.1. The summed E-state index contributed by atoms with van der Waals surface area (Å²) in [4.78, 5) is 56.2. The van der Waals surface area contributed by atoms with Crippen molar-refractivity contribution in [1.29, 1.82) is 0 Å². The van der Waals surface area contributed by atoms with E-state index >= 15 is 0 Å². The lowest BCUT2D eigenvalue weighted by Crippen LogP contribution is -2.54. The number of urea groups is 1. The van der Waals surface area contributed by atoms with Gasteiger partial charge in [0.15, 0.2) is 0 Å². The monoisotopic (exact) mass is 531 g/mol. The van der Waals surface area contributed by atoms with Gasteiger partial charge >= 0.3 is 6.03 Å². The first kappa shape index (κ1) is 26.1. The van der Waals surface area contributed by atoms with Gasteiger partial charge in [0.1, 0.15) is 18.4 Å². The number of carbonyl (C=O) groups excluding carboxylic acids is 4. The minimum Gasteiger partial charge on any atom is -0.489 e. The van der Waals surface area contributed by atoms with Crippen molar-refractivity contribution >= 4 is 34.7 Å². The highest BCUT2D eigenvalue weighted by atomic mass is 16.5. The van der Waals surface area contributed by atoms with Crippen molar-refractivity contribution in [2.75, 3.05) is 26.3 Å². The molecule has 2 aliphatic rings. The molecule has 3 N–H and O–H groups in total. The summed E-state index contributed by atoms with van der Waals surface area (Å²) in [5, 5.41) is 8.42. The van der Waals surface area contributed by atoms with Gasteiger partial charge in [-0.2, -0.15) is 0 Å². The van der Waals surface area contributed by atoms with Crippen molar-refractivity contribution in [1.82, 2.24) is 25.8 Å². The van der Waals surface area contributed by atoms with Crippen LogP contribution in [0.25, 0.3) is 10.9 Å². The molecular formula is C28H29N5O6. The minimum absolute atomic E-state index is 0.148. The maximum atomic E-state index is 13.1. The van der Waals surface area contributed by atoms with Crippen molar-refractivity contribution < 1.29 is 28.7 Å². The van der Waals surface area contributed by atoms with E-state index in [9.17, 15) is 19.2 Å². The van der Waals surface area contributed by atoms with Gasteiger partial charge in [0.2, 0.25) is 5.91 Å². The number of imide groups is 1. The standard InChI is InChI=1S/C28H29N5O6/c1-17-14-19(21-4-2-3-5-22(21)29-17)16-39-20-8-6-18(7-9-20)26(35)30-23(25-27(36)32-28(37)31-25)15-24(34)33-10-12-38-13-11-33/h2-9,14,23,25H,10-13,15-16H2,1H3,(H,30,35)(H2,31,32,36,37). The topological polar surface area (TPSA) is 139 Å². The van der Waals surface area contributed by atoms with E-state index in [1.165, 1.54) is 0 Å². The van der Waals surface area contributed by atoms with E-state index in [0.717, 1.165) is 22.2 Å². The normalized spacial score (nSPS) is 17.9. The number of aryl methyl sites for hydroxylation is 1. The summed E-state index contributed by atoms with van der Waals surface area (Å²) in [5.41, 5.74) is 3.12. The van der Waals surface area contributed by atoms with Crippen LogP contribution in [0.2, 0.25) is 0 Å². The molecule has 5 rings (SSSR count). The zero-order valence-corrected chi connectivity index (χ0v) is 21.4. The third kappa shape index (κ3) is 6.15. The van der Waals surface area contributed by atoms with Crippen LogP contribution in [0.3, 0.4) is 0 Å². The van der Waals surface area contributed by atoms with E-state index in [1.54, 1.807) is 29.2 Å². The Hall–Kier alpha value is -4.51. The molecule has 11 nitrogen and oxygen atoms in total. The Morgan fingerprint density at radius 1 is 1.13 bits per heavy atom. The molecule has 2 saturated heterocycles. The van der Waals surface area contributed by atoms with Crippen LogP contribution < -0.4 is 20.7 Å². The Balaban J connectivity index is 1.25. The zero-order valence-electron chi connectivity index (χ0n) is 21.4. The average molecular weight is 532 g/mol. The van der Waals surface area contributed by atoms with Crippen molar-refractivity contribution in [3.05, 3.63) is 71.4 Å². The second kappa shape index (κ2) is 11.5. The van der Waals surface area contributed by atoms with Gasteiger partial charge < -0.3 is 25.0 Å². The smallest absolute Gasteiger partial charge is 0.322 e. The van der Waals surface area contributed by atoms with Crippen LogP contribution in [0, 0.1) is 6.92 Å². The molecule has 0 aliphatic carbocycles. The highest BCUT2D eigenvalue weighted by Crippen LogP contribution is 2.21. The van der Waals surface area contributed by atoms with Crippen LogP contribution in [0.5, 0.6) is 5.75 Å². The molecule has 2 aliphatic heterocycles. The van der Waals surface area contributed by atoms with E-state index in [-0.39, 0.29) is 12.3 Å². The van der Waals surface area contributed by atoms with Crippen LogP contribution in [-0.4, -0.2) is 72.0 Å². The molecule has 2 aromatic carbocycles. The lowest BCUT2D eigenvalue weighted by Gasteiger charge is -2.30. The molecule has 11 heteroatoms. The quantitative estimate of drug-likeness (QED) is 0.376. The number of rotatable bonds is 8. The Bertz CT molecular complexity index is 1400. The van der Waals surface area contributed by atoms with Crippen LogP contribution in [0.4, 0.5) is 4.79 Å². The number of amides is 5. The summed E-state index contributed by atoms with van der Waals surface area (Å²) in [5.74, 6) is -0.736. The van der Waals surface area contributed by atoms with E-state index < -0.39 is 29.9 Å². The molecule has 2 fully saturated rings. The molecule has 2 atom stereocenters. The predicted molar refractivity (Wildman–Crippen MR) is 141 cm³/mol. The second-order valence-corrected chi connectivity index (χ2v) is 9.47. The van der Waals surface area contributed by atoms with E-state index in [1.807, 2.05) is 37.3 Å². The molecule has 0 spiro atoms. The number of aromatic nitrogens is 1. The van der Waals surface area contributed by atoms with E-state index in [2.05, 4.69) is 20.9 Å². The largest absolute Gasteiger partial charge is 0.489 e. The van der Waals surface area contributed by atoms with Crippen molar-refractivity contribution in [2.24, 2.45) is 0 Å². The number of para-hydroxylation sites is 1. The lowest BCUT2D eigenvalue weighted by atomic mass is 10.0. The number of hydrogen-bond donors (Lipinski definition) is 3. The number of carbonyl (C=O) groups is 4. The number of ether oxygens (including phenoxy) is 2. The fraction of sp³-hybridized carbons (Fsp3) is 0.321. The van der Waals surface area contributed by atoms with Crippen molar-refractivity contribution in [3.63, 3.8) is 0 Å². The van der Waals surface area contributed by atoms with Crippen molar-refractivity contribution in [2.45, 2.75) is 32.0 Å². The Morgan fingerprint density at radius 2 is 1.87 bits per heavy atom. The number of hydrogen-bond acceptors (Lipinski definition) is 7. The molecule has 3 heterocycles. The average Bonchev–Trinajstić information content (AvgIpc) is 3.29. The molecular weight excluding hydrogens is 502 g/mol. The van der Waals surface area contributed by atoms with Gasteiger partial charge in [-0.25, -0.2) is 4.79 Å². The molecule has 202 valence electrons. The number of morpholine rings is 1. The van der Waals surface area contributed by atoms with Gasteiger partial charge in [-0.3, -0.25) is 24.7 Å². The highest BCUT2D eigenvalue weighted by Gasteiger charge is 2.39. The van der Waals surface area contributed by atoms with Gasteiger partial charge in [0.05, 0.1) is 24.8 Å². The molecule has 5 amide bonds. The highest BCUT2D eigenvalue weighted by molar-refractivity contribution is 6.05. The summed E-state index contributed by atoms with van der Waals surface area (Å²) in [6.07, 6.45) is -0.148. The molecule has 2 unspecified atom stereocenters. The fourth-order valence-corrected chi connectivity index (χ4v) is 4.73. The SMILES string of the molecule is Cc1cc(COc2ccc(C(=O)NC(CC(=O)N3CCOCC3)C3NC(=O)NC3=O)cc2)c2ccccc2n1. The summed E-state index contributed by atoms with van der Waals surface area (Å²) < 4.78 is 11.3. The minimum atomic E-state index is -1.06. The lowest BCUT2D eigenvalue weighted by molar-refractivity contribution is -0.136. The van der Waals surface area contributed by atoms with E-state index in [4.69, 9.17) is 9.47 Å². The van der Waals surface area contributed by atoms with Crippen LogP contribution in [0.1, 0.15) is 28.0 Å². The third-order valence-electron chi connectivity index (χ3n) is 6.72. The van der Waals surface area contributed by atoms with Crippen LogP contribution >= 0.6 is 0 Å². The predicted octanol–water partition coefficient (Wildman–Crippen LogP) is 1.68. The first-order valence-electron chi connectivity index (χ1n) is 12.7. The zero-order chi connectivity index (χ0) is 27.4. The van der Waals surface area contributed by atoms with Crippen LogP contribution in [-0.2, 0) is 20.9 Å². The molecule has 0 saturated carbocycles. The summed E-state index contributed by atoms with van der Waals surface area (Å²) in [7, 11) is 0. The third-order valence-corrected chi connectivity index (χ3v) is 6.72. The first-order chi connectivity index (χ1) is 18.9. The Morgan fingerprint density at radius 3 is 2.59 bits per heavy atom. The van der Waals surface area contributed by atoms with Gasteiger partial charge in [-0.1, -0.05) is 18.2 Å². The Kier molecular flexibility index (Phi) is 7.69. The summed E-state index contributed by atoms with van der Waals surface area (Å²) in [6, 6.07) is 13.8. The number of pyridine rings is 1. The summed E-state index contributed by atoms with van der Waals surface area (Å²) in [6.45, 7) is 3.98. The molecule has 0 bridgehead atoms. The van der Waals surface area contributed by atoms with Crippen molar-refractivity contribution in [3.8, 4) is 5.75 Å². The molecule has 3 aromatic rings. The second-order valence-electron chi connectivity index (χ2n) is 9.47. The van der Waals surface area contributed by atoms with Gasteiger partial charge in [-0.15, -0.1) is 0 Å². The molecule has 1 aromatic heterocycles. The van der Waals surface area contributed by atoms with Gasteiger partial charge in [0.25, 0.3) is 11.8 Å². The molecule has 0 radical (unpaired) electrons. The number of benzene rings is 2. The summed E-state index contributed by atoms with van der Waals surface area (Å²) >= 11 is 0. The number of fused-ring (bicyclic) bond motifs is 1. The maximum Gasteiger partial charge on any atom is 0.322 e. The first-order valence-corrected chi connectivity index (χ1v) is 12.7.